The fraction of sp³-hybridized carbons (Fsp3) is 0.207. The highest BCUT2D eigenvalue weighted by molar-refractivity contribution is 7.89. The van der Waals surface area contributed by atoms with Gasteiger partial charge in [-0.1, -0.05) is 65.7 Å². The van der Waals surface area contributed by atoms with Crippen LogP contribution in [0.4, 0.5) is 5.82 Å². The van der Waals surface area contributed by atoms with E-state index in [4.69, 9.17) is 19.4 Å². The van der Waals surface area contributed by atoms with Gasteiger partial charge in [-0.05, 0) is 38.1 Å². The van der Waals surface area contributed by atoms with Crippen LogP contribution < -0.4 is 4.90 Å². The molecule has 9 heteroatoms. The first-order chi connectivity index (χ1) is 18.4. The Morgan fingerprint density at radius 2 is 1.34 bits per heavy atom. The Labute approximate surface area is 221 Å². The molecule has 0 atom stereocenters. The van der Waals surface area contributed by atoms with E-state index in [0.717, 1.165) is 22.3 Å². The Morgan fingerprint density at radius 3 is 2.00 bits per heavy atom. The van der Waals surface area contributed by atoms with E-state index in [1.54, 1.807) is 12.1 Å². The molecule has 0 amide bonds. The third-order valence-electron chi connectivity index (χ3n) is 6.76. The quantitative estimate of drug-likeness (QED) is 0.316. The molecule has 0 radical (unpaired) electrons. The Balaban J connectivity index is 1.35. The zero-order chi connectivity index (χ0) is 26.3. The number of sulfonamides is 1. The summed E-state index contributed by atoms with van der Waals surface area (Å²) in [5.74, 6) is 1.64. The van der Waals surface area contributed by atoms with Crippen LogP contribution >= 0.6 is 0 Å². The van der Waals surface area contributed by atoms with Crippen molar-refractivity contribution < 1.29 is 12.8 Å². The SMILES string of the molecule is Cc1ccc(-c2nc3nc(-c4ccccc4)nc(N4CCN(S(=O)(=O)c5ccc(C)cc5)CC4)c3o2)cc1. The summed E-state index contributed by atoms with van der Waals surface area (Å²) < 4.78 is 34.2. The standard InChI is InChI=1S/C29H27N5O3S/c1-20-8-12-23(13-9-20)29-32-27-25(37-29)28(31-26(30-27)22-6-4-3-5-7-22)33-16-18-34(19-17-33)38(35,36)24-14-10-21(2)11-15-24/h3-15H,16-19H2,1-2H3. The molecule has 5 aromatic rings. The molecule has 0 aliphatic carbocycles. The minimum absolute atomic E-state index is 0.310. The number of hydrogen-bond donors (Lipinski definition) is 0. The maximum Gasteiger partial charge on any atom is 0.243 e. The van der Waals surface area contributed by atoms with Gasteiger partial charge in [-0.15, -0.1) is 0 Å². The number of hydrogen-bond acceptors (Lipinski definition) is 7. The summed E-state index contributed by atoms with van der Waals surface area (Å²) in [5.41, 5.74) is 4.86. The van der Waals surface area contributed by atoms with Crippen LogP contribution in [-0.4, -0.2) is 53.9 Å². The normalized spacial score (nSPS) is 14.7. The van der Waals surface area contributed by atoms with Crippen LogP contribution in [0.5, 0.6) is 0 Å². The zero-order valence-corrected chi connectivity index (χ0v) is 22.0. The van der Waals surface area contributed by atoms with Gasteiger partial charge < -0.3 is 9.32 Å². The summed E-state index contributed by atoms with van der Waals surface area (Å²) in [6, 6.07) is 24.7. The molecule has 1 aliphatic rings. The molecule has 8 nitrogen and oxygen atoms in total. The number of fused-ring (bicyclic) bond motifs is 1. The summed E-state index contributed by atoms with van der Waals surface area (Å²) in [7, 11) is -3.58. The van der Waals surface area contributed by atoms with Crippen LogP contribution in [0.2, 0.25) is 0 Å². The minimum Gasteiger partial charge on any atom is -0.430 e. The average molecular weight is 526 g/mol. The van der Waals surface area contributed by atoms with Gasteiger partial charge in [0.05, 0.1) is 4.90 Å². The van der Waals surface area contributed by atoms with Gasteiger partial charge in [-0.2, -0.15) is 9.29 Å². The largest absolute Gasteiger partial charge is 0.430 e. The summed E-state index contributed by atoms with van der Waals surface area (Å²) >= 11 is 0. The maximum absolute atomic E-state index is 13.2. The van der Waals surface area contributed by atoms with Crippen molar-refractivity contribution in [1.29, 1.82) is 0 Å². The highest BCUT2D eigenvalue weighted by atomic mass is 32.2. The van der Waals surface area contributed by atoms with Gasteiger partial charge >= 0.3 is 0 Å². The maximum atomic E-state index is 13.2. The molecular formula is C29H27N5O3S. The van der Waals surface area contributed by atoms with E-state index in [9.17, 15) is 8.42 Å². The van der Waals surface area contributed by atoms with E-state index in [-0.39, 0.29) is 0 Å². The lowest BCUT2D eigenvalue weighted by atomic mass is 10.1. The molecule has 0 spiro atoms. The van der Waals surface area contributed by atoms with Crippen molar-refractivity contribution in [3.05, 3.63) is 90.0 Å². The second-order valence-corrected chi connectivity index (χ2v) is 11.4. The predicted octanol–water partition coefficient (Wildman–Crippen LogP) is 5.08. The summed E-state index contributed by atoms with van der Waals surface area (Å²) in [4.78, 5) is 16.7. The molecule has 38 heavy (non-hydrogen) atoms. The van der Waals surface area contributed by atoms with E-state index in [2.05, 4.69) is 4.90 Å². The Bertz CT molecular complexity index is 1690. The van der Waals surface area contributed by atoms with E-state index in [1.165, 1.54) is 4.31 Å². The van der Waals surface area contributed by atoms with Crippen LogP contribution in [0.25, 0.3) is 34.1 Å². The first kappa shape index (κ1) is 24.3. The summed E-state index contributed by atoms with van der Waals surface area (Å²) in [5, 5.41) is 0. The molecule has 0 saturated carbocycles. The molecule has 6 rings (SSSR count). The lowest BCUT2D eigenvalue weighted by molar-refractivity contribution is 0.383. The number of nitrogens with zero attached hydrogens (tertiary/aromatic N) is 5. The molecular weight excluding hydrogens is 498 g/mol. The lowest BCUT2D eigenvalue weighted by Crippen LogP contribution is -2.49. The summed E-state index contributed by atoms with van der Waals surface area (Å²) in [6.45, 7) is 5.57. The molecule has 2 aromatic heterocycles. The third-order valence-corrected chi connectivity index (χ3v) is 8.68. The van der Waals surface area contributed by atoms with Crippen molar-refractivity contribution >= 4 is 27.1 Å². The van der Waals surface area contributed by atoms with Crippen molar-refractivity contribution in [1.82, 2.24) is 19.3 Å². The van der Waals surface area contributed by atoms with Crippen LogP contribution in [0.1, 0.15) is 11.1 Å². The lowest BCUT2D eigenvalue weighted by Gasteiger charge is -2.34. The van der Waals surface area contributed by atoms with Crippen LogP contribution in [0.15, 0.2) is 88.2 Å². The number of rotatable bonds is 5. The van der Waals surface area contributed by atoms with Crippen LogP contribution in [0.3, 0.4) is 0 Å². The first-order valence-corrected chi connectivity index (χ1v) is 14.0. The molecule has 3 heterocycles. The minimum atomic E-state index is -3.58. The molecule has 192 valence electrons. The smallest absolute Gasteiger partial charge is 0.243 e. The number of aryl methyl sites for hydroxylation is 2. The molecule has 1 saturated heterocycles. The molecule has 0 unspecified atom stereocenters. The monoisotopic (exact) mass is 525 g/mol. The zero-order valence-electron chi connectivity index (χ0n) is 21.2. The number of benzene rings is 3. The van der Waals surface area contributed by atoms with Crippen molar-refractivity contribution in [2.75, 3.05) is 31.1 Å². The highest BCUT2D eigenvalue weighted by Gasteiger charge is 2.31. The second kappa shape index (κ2) is 9.66. The van der Waals surface area contributed by atoms with Gasteiger partial charge in [0.2, 0.25) is 27.1 Å². The van der Waals surface area contributed by atoms with E-state index >= 15 is 0 Å². The third kappa shape index (κ3) is 4.55. The molecule has 1 fully saturated rings. The fourth-order valence-electron chi connectivity index (χ4n) is 4.56. The van der Waals surface area contributed by atoms with E-state index in [0.29, 0.717) is 59.8 Å². The molecule has 0 bridgehead atoms. The fourth-order valence-corrected chi connectivity index (χ4v) is 5.98. The van der Waals surface area contributed by atoms with Crippen LogP contribution in [-0.2, 0) is 10.0 Å². The summed E-state index contributed by atoms with van der Waals surface area (Å²) in [6.07, 6.45) is 0. The Kier molecular flexibility index (Phi) is 6.17. The van der Waals surface area contributed by atoms with E-state index < -0.39 is 10.0 Å². The highest BCUT2D eigenvalue weighted by Crippen LogP contribution is 2.32. The predicted molar refractivity (Wildman–Crippen MR) is 147 cm³/mol. The topological polar surface area (TPSA) is 92.4 Å². The Hall–Kier alpha value is -4.08. The van der Waals surface area contributed by atoms with Gasteiger partial charge in [-0.25, -0.2) is 18.4 Å². The van der Waals surface area contributed by atoms with Crippen molar-refractivity contribution in [2.45, 2.75) is 18.7 Å². The number of oxazole rings is 1. The Morgan fingerprint density at radius 1 is 0.711 bits per heavy atom. The van der Waals surface area contributed by atoms with Crippen LogP contribution in [0, 0.1) is 13.8 Å². The van der Waals surface area contributed by atoms with Gasteiger partial charge in [0, 0.05) is 37.3 Å². The average Bonchev–Trinajstić information content (AvgIpc) is 3.38. The van der Waals surface area contributed by atoms with Gasteiger partial charge in [-0.3, -0.25) is 0 Å². The first-order valence-electron chi connectivity index (χ1n) is 12.5. The van der Waals surface area contributed by atoms with Crippen molar-refractivity contribution in [2.24, 2.45) is 0 Å². The number of aromatic nitrogens is 3. The number of piperazine rings is 1. The van der Waals surface area contributed by atoms with Gasteiger partial charge in [0.25, 0.3) is 0 Å². The molecule has 3 aromatic carbocycles. The van der Waals surface area contributed by atoms with Gasteiger partial charge in [0.15, 0.2) is 11.6 Å². The molecule has 0 N–H and O–H groups in total. The van der Waals surface area contributed by atoms with Gasteiger partial charge in [0.1, 0.15) is 0 Å². The van der Waals surface area contributed by atoms with E-state index in [1.807, 2.05) is 80.6 Å². The van der Waals surface area contributed by atoms with Crippen molar-refractivity contribution in [3.8, 4) is 22.8 Å². The number of anilines is 1. The molecule has 1 aliphatic heterocycles. The van der Waals surface area contributed by atoms with Crippen molar-refractivity contribution in [3.63, 3.8) is 0 Å². The second-order valence-electron chi connectivity index (χ2n) is 9.48.